The van der Waals surface area contributed by atoms with Crippen molar-refractivity contribution in [2.75, 3.05) is 6.54 Å². The van der Waals surface area contributed by atoms with Gasteiger partial charge in [-0.2, -0.15) is 0 Å². The maximum absolute atomic E-state index is 13.2. The number of rotatable bonds is 8. The molecule has 190 valence electrons. The van der Waals surface area contributed by atoms with E-state index in [9.17, 15) is 32.7 Å². The molecule has 12 nitrogen and oxygen atoms in total. The Labute approximate surface area is 198 Å². The largest absolute Gasteiger partial charge is 0.465 e. The molecule has 0 aromatic carbocycles. The summed E-state index contributed by atoms with van der Waals surface area (Å²) in [5, 5.41) is 23.5. The fraction of sp³-hybridized carbons (Fsp3) is 0.714. The molecule has 0 bridgehead atoms. The Morgan fingerprint density at radius 1 is 1.21 bits per heavy atom. The van der Waals surface area contributed by atoms with Crippen molar-refractivity contribution in [2.45, 2.75) is 75.4 Å². The van der Waals surface area contributed by atoms with Gasteiger partial charge in [0.05, 0.1) is 11.4 Å². The number of hydrogen-bond donors (Lipinski definition) is 5. The number of amides is 4. The first-order valence-corrected chi connectivity index (χ1v) is 12.7. The smallest absolute Gasteiger partial charge is 0.405 e. The van der Waals surface area contributed by atoms with Crippen LogP contribution in [0.15, 0.2) is 12.7 Å². The van der Waals surface area contributed by atoms with Gasteiger partial charge in [-0.05, 0) is 24.7 Å². The summed E-state index contributed by atoms with van der Waals surface area (Å²) < 4.78 is 26.5. The molecule has 3 aliphatic rings. The van der Waals surface area contributed by atoms with Gasteiger partial charge in [-0.1, -0.05) is 26.8 Å². The van der Waals surface area contributed by atoms with Gasteiger partial charge in [-0.15, -0.1) is 6.58 Å². The van der Waals surface area contributed by atoms with Crippen molar-refractivity contribution in [3.63, 3.8) is 0 Å². The van der Waals surface area contributed by atoms with E-state index in [2.05, 4.69) is 17.2 Å². The van der Waals surface area contributed by atoms with E-state index in [1.54, 1.807) is 20.8 Å². The second-order valence-corrected chi connectivity index (χ2v) is 12.3. The molecule has 0 spiro atoms. The monoisotopic (exact) mass is 500 g/mol. The Hall–Kier alpha value is -2.67. The molecule has 2 aliphatic carbocycles. The molecule has 5 unspecified atom stereocenters. The summed E-state index contributed by atoms with van der Waals surface area (Å²) >= 11 is 0. The van der Waals surface area contributed by atoms with Gasteiger partial charge < -0.3 is 25.7 Å². The van der Waals surface area contributed by atoms with Crippen molar-refractivity contribution in [2.24, 2.45) is 11.3 Å². The maximum atomic E-state index is 13.2. The van der Waals surface area contributed by atoms with Crippen LogP contribution in [-0.2, 0) is 24.4 Å². The number of aliphatic hydroxyl groups excluding tert-OH is 1. The van der Waals surface area contributed by atoms with Crippen LogP contribution in [0, 0.1) is 11.3 Å². The molecular weight excluding hydrogens is 468 g/mol. The Kier molecular flexibility index (Phi) is 6.74. The molecule has 0 aromatic heterocycles. The molecule has 1 saturated heterocycles. The number of sulfonamides is 1. The maximum Gasteiger partial charge on any atom is 0.405 e. The Morgan fingerprint density at radius 3 is 2.29 bits per heavy atom. The van der Waals surface area contributed by atoms with Crippen LogP contribution >= 0.6 is 0 Å². The van der Waals surface area contributed by atoms with Crippen LogP contribution in [0.5, 0.6) is 0 Å². The highest BCUT2D eigenvalue weighted by Gasteiger charge is 2.62. The van der Waals surface area contributed by atoms with E-state index in [-0.39, 0.29) is 19.4 Å². The van der Waals surface area contributed by atoms with E-state index in [0.29, 0.717) is 12.8 Å². The number of nitrogens with one attached hydrogen (secondary N) is 3. The van der Waals surface area contributed by atoms with Gasteiger partial charge in [0.1, 0.15) is 17.6 Å². The molecule has 3 rings (SSSR count). The lowest BCUT2D eigenvalue weighted by Gasteiger charge is -2.35. The average molecular weight is 501 g/mol. The van der Waals surface area contributed by atoms with Crippen LogP contribution in [-0.4, -0.2) is 82.9 Å². The van der Waals surface area contributed by atoms with Crippen LogP contribution in [0.2, 0.25) is 0 Å². The molecule has 13 heteroatoms. The molecular formula is C21H32N4O8S. The van der Waals surface area contributed by atoms with E-state index in [4.69, 9.17) is 5.11 Å². The average Bonchev–Trinajstić information content (AvgIpc) is 3.62. The zero-order valence-electron chi connectivity index (χ0n) is 19.4. The van der Waals surface area contributed by atoms with E-state index < -0.39 is 74.1 Å². The third-order valence-electron chi connectivity index (χ3n) is 6.49. The van der Waals surface area contributed by atoms with Crippen LogP contribution in [0.25, 0.3) is 0 Å². The summed E-state index contributed by atoms with van der Waals surface area (Å²) in [6.45, 7) is 8.42. The molecule has 1 aliphatic heterocycles. The quantitative estimate of drug-likeness (QED) is 0.271. The Bertz CT molecular complexity index is 1000. The van der Waals surface area contributed by atoms with Gasteiger partial charge in [0.2, 0.25) is 21.8 Å². The number of likely N-dealkylation sites (tertiary alicyclic amines) is 1. The first kappa shape index (κ1) is 25.9. The number of hydrogen-bond acceptors (Lipinski definition) is 7. The van der Waals surface area contributed by atoms with E-state index in [1.165, 1.54) is 6.08 Å². The SMILES string of the molecule is C=CC1CC1(NC(=O)C1CC(O)CN1C(=O)C(NC(=O)O)C(C)(C)C)C(=O)NS(=O)(=O)C1CC1. The van der Waals surface area contributed by atoms with Crippen molar-refractivity contribution in [1.82, 2.24) is 20.3 Å². The number of carbonyl (C=O) groups is 4. The van der Waals surface area contributed by atoms with Crippen molar-refractivity contribution in [1.29, 1.82) is 0 Å². The lowest BCUT2D eigenvalue weighted by atomic mass is 9.85. The van der Waals surface area contributed by atoms with Gasteiger partial charge >= 0.3 is 6.09 Å². The van der Waals surface area contributed by atoms with Crippen molar-refractivity contribution in [3.05, 3.63) is 12.7 Å². The van der Waals surface area contributed by atoms with Crippen LogP contribution < -0.4 is 15.4 Å². The predicted octanol–water partition coefficient (Wildman–Crippen LogP) is -0.700. The molecule has 3 fully saturated rings. The fourth-order valence-corrected chi connectivity index (χ4v) is 5.63. The zero-order chi connectivity index (χ0) is 25.6. The summed E-state index contributed by atoms with van der Waals surface area (Å²) in [7, 11) is -3.84. The highest BCUT2D eigenvalue weighted by atomic mass is 32.2. The van der Waals surface area contributed by atoms with Gasteiger partial charge in [-0.3, -0.25) is 19.1 Å². The van der Waals surface area contributed by atoms with Crippen LogP contribution in [0.3, 0.4) is 0 Å². The Balaban J connectivity index is 1.79. The second-order valence-electron chi connectivity index (χ2n) is 10.3. The molecule has 34 heavy (non-hydrogen) atoms. The highest BCUT2D eigenvalue weighted by Crippen LogP contribution is 2.45. The van der Waals surface area contributed by atoms with Gasteiger partial charge in [-0.25, -0.2) is 13.2 Å². The minimum Gasteiger partial charge on any atom is -0.465 e. The van der Waals surface area contributed by atoms with Crippen molar-refractivity contribution < 1.29 is 37.8 Å². The molecule has 1 heterocycles. The Morgan fingerprint density at radius 2 is 1.82 bits per heavy atom. The van der Waals surface area contributed by atoms with E-state index >= 15 is 0 Å². The highest BCUT2D eigenvalue weighted by molar-refractivity contribution is 7.91. The van der Waals surface area contributed by atoms with Crippen LogP contribution in [0.4, 0.5) is 4.79 Å². The fourth-order valence-electron chi connectivity index (χ4n) is 4.26. The predicted molar refractivity (Wildman–Crippen MR) is 120 cm³/mol. The van der Waals surface area contributed by atoms with Crippen molar-refractivity contribution in [3.8, 4) is 0 Å². The molecule has 0 radical (unpaired) electrons. The third-order valence-corrected chi connectivity index (χ3v) is 8.31. The molecule has 5 atom stereocenters. The first-order valence-electron chi connectivity index (χ1n) is 11.1. The summed E-state index contributed by atoms with van der Waals surface area (Å²) in [6.07, 6.45) is -0.0385. The second kappa shape index (κ2) is 8.84. The molecule has 2 saturated carbocycles. The number of carbonyl (C=O) groups excluding carboxylic acids is 3. The van der Waals surface area contributed by atoms with Gasteiger partial charge in [0, 0.05) is 18.9 Å². The standard InChI is InChI=1S/C21H32N4O8S/c1-5-11-9-21(11,18(29)24-34(32,33)13-6-7-13)23-16(27)14-8-12(26)10-25(14)17(28)15(20(2,3)4)22-19(30)31/h5,11-15,22,26H,1,6-10H2,2-4H3,(H,23,27)(H,24,29)(H,30,31). The topological polar surface area (TPSA) is 182 Å². The zero-order valence-corrected chi connectivity index (χ0v) is 20.2. The lowest BCUT2D eigenvalue weighted by Crippen LogP contribution is -2.60. The molecule has 4 amide bonds. The van der Waals surface area contributed by atoms with Gasteiger partial charge in [0.15, 0.2) is 0 Å². The number of nitrogens with zero attached hydrogens (tertiary/aromatic N) is 1. The number of carboxylic acid groups (broad SMARTS) is 1. The van der Waals surface area contributed by atoms with Gasteiger partial charge in [0.25, 0.3) is 5.91 Å². The third kappa shape index (κ3) is 5.19. The summed E-state index contributed by atoms with van der Waals surface area (Å²) in [6, 6.07) is -2.35. The number of aliphatic hydroxyl groups is 1. The van der Waals surface area contributed by atoms with E-state index in [0.717, 1.165) is 4.90 Å². The van der Waals surface area contributed by atoms with Crippen molar-refractivity contribution >= 4 is 33.8 Å². The minimum atomic E-state index is -3.84. The number of β-amino-alcohol motifs (C(OH)–C–C–N with tert-alkyl or cyclic N) is 1. The lowest BCUT2D eigenvalue weighted by molar-refractivity contribution is -0.142. The summed E-state index contributed by atoms with van der Waals surface area (Å²) in [5.41, 5.74) is -2.35. The normalized spacial score (nSPS) is 29.6. The van der Waals surface area contributed by atoms with Crippen LogP contribution in [0.1, 0.15) is 46.5 Å². The van der Waals surface area contributed by atoms with E-state index in [1.807, 2.05) is 4.72 Å². The summed E-state index contributed by atoms with van der Waals surface area (Å²) in [5.74, 6) is -2.79. The molecule has 0 aromatic rings. The minimum absolute atomic E-state index is 0.113. The molecule has 5 N–H and O–H groups in total. The summed E-state index contributed by atoms with van der Waals surface area (Å²) in [4.78, 5) is 51.7. The first-order chi connectivity index (χ1) is 15.6.